The van der Waals surface area contributed by atoms with Crippen LogP contribution in [0.2, 0.25) is 0 Å². The molecule has 0 saturated heterocycles. The molecule has 0 bridgehead atoms. The highest BCUT2D eigenvalue weighted by atomic mass is 16.4. The molecular weight excluding hydrogens is 260 g/mol. The summed E-state index contributed by atoms with van der Waals surface area (Å²) in [5.74, 6) is -1.54. The van der Waals surface area contributed by atoms with E-state index in [4.69, 9.17) is 5.11 Å². The molecule has 0 heterocycles. The van der Waals surface area contributed by atoms with Crippen LogP contribution in [0.1, 0.15) is 45.4 Å². The van der Waals surface area contributed by atoms with Crippen LogP contribution in [-0.2, 0) is 14.4 Å². The summed E-state index contributed by atoms with van der Waals surface area (Å²) in [6.07, 6.45) is 4.28. The molecule has 2 saturated carbocycles. The SMILES string of the molecule is CC(NC(=O)C1CCC(C(=O)O)CC1)C(=O)NC1CC1. The number of rotatable bonds is 5. The monoisotopic (exact) mass is 282 g/mol. The molecule has 0 aromatic heterocycles. The minimum Gasteiger partial charge on any atom is -0.481 e. The van der Waals surface area contributed by atoms with Crippen molar-refractivity contribution in [3.05, 3.63) is 0 Å². The second-order valence-electron chi connectivity index (χ2n) is 5.90. The molecule has 112 valence electrons. The fourth-order valence-electron chi connectivity index (χ4n) is 2.55. The maximum absolute atomic E-state index is 12.1. The van der Waals surface area contributed by atoms with E-state index in [9.17, 15) is 14.4 Å². The average molecular weight is 282 g/mol. The normalized spacial score (nSPS) is 27.4. The van der Waals surface area contributed by atoms with Gasteiger partial charge in [0, 0.05) is 12.0 Å². The molecule has 0 aromatic carbocycles. The fraction of sp³-hybridized carbons (Fsp3) is 0.786. The molecule has 0 aliphatic heterocycles. The molecule has 6 nitrogen and oxygen atoms in total. The van der Waals surface area contributed by atoms with Crippen LogP contribution in [0, 0.1) is 11.8 Å². The summed E-state index contributed by atoms with van der Waals surface area (Å²) in [4.78, 5) is 34.7. The van der Waals surface area contributed by atoms with Gasteiger partial charge in [-0.3, -0.25) is 14.4 Å². The van der Waals surface area contributed by atoms with E-state index in [1.807, 2.05) is 0 Å². The van der Waals surface area contributed by atoms with Gasteiger partial charge in [0.25, 0.3) is 0 Å². The van der Waals surface area contributed by atoms with Gasteiger partial charge in [-0.1, -0.05) is 0 Å². The van der Waals surface area contributed by atoms with Crippen LogP contribution in [-0.4, -0.2) is 35.0 Å². The van der Waals surface area contributed by atoms with Crippen LogP contribution >= 0.6 is 0 Å². The lowest BCUT2D eigenvalue weighted by molar-refractivity contribution is -0.144. The molecule has 2 aliphatic carbocycles. The van der Waals surface area contributed by atoms with E-state index in [1.54, 1.807) is 6.92 Å². The lowest BCUT2D eigenvalue weighted by Crippen LogP contribution is -2.47. The topological polar surface area (TPSA) is 95.5 Å². The molecule has 6 heteroatoms. The second kappa shape index (κ2) is 6.24. The highest BCUT2D eigenvalue weighted by Crippen LogP contribution is 2.29. The van der Waals surface area contributed by atoms with E-state index >= 15 is 0 Å². The third kappa shape index (κ3) is 3.95. The summed E-state index contributed by atoms with van der Waals surface area (Å²) >= 11 is 0. The van der Waals surface area contributed by atoms with Gasteiger partial charge in [0.15, 0.2) is 0 Å². The first-order valence-electron chi connectivity index (χ1n) is 7.31. The Kier molecular flexibility index (Phi) is 4.62. The van der Waals surface area contributed by atoms with Gasteiger partial charge in [0.05, 0.1) is 5.92 Å². The zero-order chi connectivity index (χ0) is 14.7. The van der Waals surface area contributed by atoms with Gasteiger partial charge in [0.2, 0.25) is 11.8 Å². The Morgan fingerprint density at radius 1 is 1.00 bits per heavy atom. The lowest BCUT2D eigenvalue weighted by atomic mass is 9.81. The second-order valence-corrected chi connectivity index (χ2v) is 5.90. The van der Waals surface area contributed by atoms with Crippen molar-refractivity contribution in [3.8, 4) is 0 Å². The summed E-state index contributed by atoms with van der Waals surface area (Å²) in [6, 6.07) is -0.242. The first-order chi connectivity index (χ1) is 9.47. The van der Waals surface area contributed by atoms with Gasteiger partial charge in [-0.2, -0.15) is 0 Å². The average Bonchev–Trinajstić information content (AvgIpc) is 3.22. The van der Waals surface area contributed by atoms with Crippen LogP contribution in [0.15, 0.2) is 0 Å². The summed E-state index contributed by atoms with van der Waals surface area (Å²) in [5.41, 5.74) is 0. The van der Waals surface area contributed by atoms with Crippen molar-refractivity contribution in [3.63, 3.8) is 0 Å². The van der Waals surface area contributed by atoms with E-state index in [-0.39, 0.29) is 29.7 Å². The molecule has 1 atom stereocenters. The van der Waals surface area contributed by atoms with Gasteiger partial charge in [-0.05, 0) is 45.4 Å². The Labute approximate surface area is 118 Å². The number of carbonyl (C=O) groups is 3. The Morgan fingerprint density at radius 3 is 2.05 bits per heavy atom. The van der Waals surface area contributed by atoms with Crippen molar-refractivity contribution in [2.45, 2.75) is 57.5 Å². The number of aliphatic carboxylic acids is 1. The highest BCUT2D eigenvalue weighted by molar-refractivity contribution is 5.88. The van der Waals surface area contributed by atoms with Gasteiger partial charge in [0.1, 0.15) is 6.04 Å². The Hall–Kier alpha value is -1.59. The van der Waals surface area contributed by atoms with Crippen molar-refractivity contribution in [2.75, 3.05) is 0 Å². The number of hydrogen-bond donors (Lipinski definition) is 3. The minimum absolute atomic E-state index is 0.132. The highest BCUT2D eigenvalue weighted by Gasteiger charge is 2.31. The van der Waals surface area contributed by atoms with Gasteiger partial charge < -0.3 is 15.7 Å². The van der Waals surface area contributed by atoms with Crippen LogP contribution in [0.25, 0.3) is 0 Å². The van der Waals surface area contributed by atoms with E-state index < -0.39 is 12.0 Å². The molecule has 0 spiro atoms. The number of nitrogens with one attached hydrogen (secondary N) is 2. The molecule has 2 fully saturated rings. The quantitative estimate of drug-likeness (QED) is 0.690. The molecular formula is C14H22N2O4. The first kappa shape index (κ1) is 14.8. The maximum Gasteiger partial charge on any atom is 0.306 e. The maximum atomic E-state index is 12.1. The van der Waals surface area contributed by atoms with Crippen molar-refractivity contribution in [2.24, 2.45) is 11.8 Å². The van der Waals surface area contributed by atoms with Gasteiger partial charge in [-0.15, -0.1) is 0 Å². The number of carboxylic acids is 1. The summed E-state index contributed by atoms with van der Waals surface area (Å²) in [7, 11) is 0. The third-order valence-electron chi connectivity index (χ3n) is 4.12. The molecule has 0 aromatic rings. The predicted molar refractivity (Wildman–Crippen MR) is 71.9 cm³/mol. The zero-order valence-corrected chi connectivity index (χ0v) is 11.7. The molecule has 2 amide bonds. The minimum atomic E-state index is -0.777. The van der Waals surface area contributed by atoms with E-state index in [2.05, 4.69) is 10.6 Å². The van der Waals surface area contributed by atoms with Gasteiger partial charge >= 0.3 is 5.97 Å². The van der Waals surface area contributed by atoms with Crippen molar-refractivity contribution in [1.29, 1.82) is 0 Å². The van der Waals surface area contributed by atoms with Crippen LogP contribution < -0.4 is 10.6 Å². The largest absolute Gasteiger partial charge is 0.481 e. The fourth-order valence-corrected chi connectivity index (χ4v) is 2.55. The Bertz CT molecular complexity index is 398. The standard InChI is InChI=1S/C14H22N2O4/c1-8(12(17)16-11-6-7-11)15-13(18)9-2-4-10(5-3-9)14(19)20/h8-11H,2-7H2,1H3,(H,15,18)(H,16,17)(H,19,20). The zero-order valence-electron chi connectivity index (χ0n) is 11.7. The van der Waals surface area contributed by atoms with Crippen molar-refractivity contribution >= 4 is 17.8 Å². The van der Waals surface area contributed by atoms with Crippen LogP contribution in [0.3, 0.4) is 0 Å². The Morgan fingerprint density at radius 2 is 1.55 bits per heavy atom. The first-order valence-corrected chi connectivity index (χ1v) is 7.31. The smallest absolute Gasteiger partial charge is 0.306 e. The van der Waals surface area contributed by atoms with Crippen LogP contribution in [0.5, 0.6) is 0 Å². The predicted octanol–water partition coefficient (Wildman–Crippen LogP) is 0.661. The van der Waals surface area contributed by atoms with Crippen molar-refractivity contribution < 1.29 is 19.5 Å². The van der Waals surface area contributed by atoms with E-state index in [1.165, 1.54) is 0 Å². The number of amides is 2. The van der Waals surface area contributed by atoms with Gasteiger partial charge in [-0.25, -0.2) is 0 Å². The third-order valence-corrected chi connectivity index (χ3v) is 4.12. The van der Waals surface area contributed by atoms with E-state index in [0.29, 0.717) is 25.7 Å². The number of carbonyl (C=O) groups excluding carboxylic acids is 2. The molecule has 20 heavy (non-hydrogen) atoms. The summed E-state index contributed by atoms with van der Waals surface area (Å²) < 4.78 is 0. The lowest BCUT2D eigenvalue weighted by Gasteiger charge is -2.26. The molecule has 1 unspecified atom stereocenters. The van der Waals surface area contributed by atoms with Crippen molar-refractivity contribution in [1.82, 2.24) is 10.6 Å². The molecule has 0 radical (unpaired) electrons. The van der Waals surface area contributed by atoms with E-state index in [0.717, 1.165) is 12.8 Å². The summed E-state index contributed by atoms with van der Waals surface area (Å²) in [5, 5.41) is 14.5. The Balaban J connectivity index is 1.74. The molecule has 3 N–H and O–H groups in total. The number of hydrogen-bond acceptors (Lipinski definition) is 3. The molecule has 2 rings (SSSR count). The van der Waals surface area contributed by atoms with Crippen LogP contribution in [0.4, 0.5) is 0 Å². The summed E-state index contributed by atoms with van der Waals surface area (Å²) in [6.45, 7) is 1.68. The molecule has 2 aliphatic rings. The number of carboxylic acid groups (broad SMARTS) is 1.